The SMILES string of the molecule is CCc1ccccc1NC(=O)c1cccc(N(C)S(=O)(=O)c2ccc(OC)cc2)c1. The second-order valence-electron chi connectivity index (χ2n) is 6.66. The van der Waals surface area contributed by atoms with E-state index in [1.54, 1.807) is 36.4 Å². The van der Waals surface area contributed by atoms with Crippen molar-refractivity contribution in [3.05, 3.63) is 83.9 Å². The Kier molecular flexibility index (Phi) is 6.42. The summed E-state index contributed by atoms with van der Waals surface area (Å²) in [4.78, 5) is 12.9. The van der Waals surface area contributed by atoms with Gasteiger partial charge < -0.3 is 10.1 Å². The number of hydrogen-bond acceptors (Lipinski definition) is 4. The maximum absolute atomic E-state index is 13.0. The van der Waals surface area contributed by atoms with Crippen molar-refractivity contribution in [2.75, 3.05) is 23.8 Å². The quantitative estimate of drug-likeness (QED) is 0.612. The molecule has 3 aromatic carbocycles. The Morgan fingerprint density at radius 3 is 2.37 bits per heavy atom. The lowest BCUT2D eigenvalue weighted by Gasteiger charge is -2.20. The molecule has 1 N–H and O–H groups in total. The van der Waals surface area contributed by atoms with E-state index >= 15 is 0 Å². The lowest BCUT2D eigenvalue weighted by atomic mass is 10.1. The number of benzene rings is 3. The second-order valence-corrected chi connectivity index (χ2v) is 8.63. The molecule has 1 amide bonds. The van der Waals surface area contributed by atoms with Crippen LogP contribution in [0.2, 0.25) is 0 Å². The molecule has 0 atom stereocenters. The fraction of sp³-hybridized carbons (Fsp3) is 0.174. The topological polar surface area (TPSA) is 75.7 Å². The van der Waals surface area contributed by atoms with E-state index in [9.17, 15) is 13.2 Å². The van der Waals surface area contributed by atoms with Crippen molar-refractivity contribution in [2.45, 2.75) is 18.2 Å². The highest BCUT2D eigenvalue weighted by atomic mass is 32.2. The maximum Gasteiger partial charge on any atom is 0.264 e. The molecular weight excluding hydrogens is 400 g/mol. The molecule has 7 heteroatoms. The highest BCUT2D eigenvalue weighted by molar-refractivity contribution is 7.92. The van der Waals surface area contributed by atoms with Gasteiger partial charge in [-0.05, 0) is 60.5 Å². The smallest absolute Gasteiger partial charge is 0.264 e. The molecule has 0 aliphatic heterocycles. The Balaban J connectivity index is 1.85. The van der Waals surface area contributed by atoms with Gasteiger partial charge in [-0.3, -0.25) is 9.10 Å². The van der Waals surface area contributed by atoms with Crippen LogP contribution in [0.15, 0.2) is 77.7 Å². The minimum Gasteiger partial charge on any atom is -0.497 e. The summed E-state index contributed by atoms with van der Waals surface area (Å²) < 4.78 is 32.2. The number of hydrogen-bond donors (Lipinski definition) is 1. The predicted molar refractivity (Wildman–Crippen MR) is 119 cm³/mol. The van der Waals surface area contributed by atoms with E-state index < -0.39 is 10.0 Å². The molecule has 0 bridgehead atoms. The van der Waals surface area contributed by atoms with Crippen LogP contribution in [0.5, 0.6) is 5.75 Å². The summed E-state index contributed by atoms with van der Waals surface area (Å²) in [5.41, 5.74) is 2.54. The Bertz CT molecular complexity index is 1140. The fourth-order valence-corrected chi connectivity index (χ4v) is 4.22. The van der Waals surface area contributed by atoms with Crippen molar-refractivity contribution in [3.8, 4) is 5.75 Å². The van der Waals surface area contributed by atoms with Crippen LogP contribution in [0.25, 0.3) is 0 Å². The number of carbonyl (C=O) groups excluding carboxylic acids is 1. The van der Waals surface area contributed by atoms with Crippen molar-refractivity contribution in [1.29, 1.82) is 0 Å². The van der Waals surface area contributed by atoms with Gasteiger partial charge >= 0.3 is 0 Å². The zero-order valence-electron chi connectivity index (χ0n) is 17.1. The normalized spacial score (nSPS) is 11.0. The van der Waals surface area contributed by atoms with Crippen LogP contribution in [0.4, 0.5) is 11.4 Å². The molecule has 3 rings (SSSR count). The molecule has 0 fully saturated rings. The summed E-state index contributed by atoms with van der Waals surface area (Å²) in [6.07, 6.45) is 0.791. The predicted octanol–water partition coefficient (Wildman–Crippen LogP) is 4.34. The molecule has 0 aliphatic carbocycles. The first kappa shape index (κ1) is 21.4. The van der Waals surface area contributed by atoms with E-state index in [0.29, 0.717) is 17.0 Å². The minimum atomic E-state index is -3.78. The Morgan fingerprint density at radius 1 is 1.00 bits per heavy atom. The van der Waals surface area contributed by atoms with Gasteiger partial charge in [-0.25, -0.2) is 8.42 Å². The van der Waals surface area contributed by atoms with Crippen LogP contribution >= 0.6 is 0 Å². The number of sulfonamides is 1. The molecule has 0 aliphatic rings. The standard InChI is InChI=1S/C23H24N2O4S/c1-4-17-8-5-6-11-22(17)24-23(26)18-9-7-10-19(16-18)25(2)30(27,28)21-14-12-20(29-3)13-15-21/h5-16H,4H2,1-3H3,(H,24,26). The first-order valence-corrected chi connectivity index (χ1v) is 10.9. The van der Waals surface area contributed by atoms with Crippen LogP contribution in [0.3, 0.4) is 0 Å². The summed E-state index contributed by atoms with van der Waals surface area (Å²) in [5, 5.41) is 2.91. The molecule has 156 valence electrons. The molecule has 0 saturated carbocycles. The summed E-state index contributed by atoms with van der Waals surface area (Å²) in [6.45, 7) is 2.02. The van der Waals surface area contributed by atoms with E-state index in [2.05, 4.69) is 5.32 Å². The molecule has 0 aromatic heterocycles. The fourth-order valence-electron chi connectivity index (χ4n) is 3.03. The lowest BCUT2D eigenvalue weighted by molar-refractivity contribution is 0.102. The van der Waals surface area contributed by atoms with Crippen molar-refractivity contribution in [1.82, 2.24) is 0 Å². The Hall–Kier alpha value is -3.32. The van der Waals surface area contributed by atoms with Gasteiger partial charge in [-0.2, -0.15) is 0 Å². The summed E-state index contributed by atoms with van der Waals surface area (Å²) in [5.74, 6) is 0.274. The number of methoxy groups -OCH3 is 1. The third-order valence-corrected chi connectivity index (χ3v) is 6.64. The van der Waals surface area contributed by atoms with Crippen LogP contribution < -0.4 is 14.4 Å². The van der Waals surface area contributed by atoms with Gasteiger partial charge in [-0.1, -0.05) is 31.2 Å². The van der Waals surface area contributed by atoms with Gasteiger partial charge in [0.2, 0.25) is 0 Å². The van der Waals surface area contributed by atoms with E-state index in [4.69, 9.17) is 4.74 Å². The molecule has 0 heterocycles. The van der Waals surface area contributed by atoms with E-state index in [1.807, 2.05) is 31.2 Å². The van der Waals surface area contributed by atoms with Crippen LogP contribution in [-0.2, 0) is 16.4 Å². The zero-order valence-corrected chi connectivity index (χ0v) is 17.9. The molecule has 0 radical (unpaired) electrons. The van der Waals surface area contributed by atoms with Crippen molar-refractivity contribution in [2.24, 2.45) is 0 Å². The summed E-state index contributed by atoms with van der Waals surface area (Å²) >= 11 is 0. The molecular formula is C23H24N2O4S. The lowest BCUT2D eigenvalue weighted by Crippen LogP contribution is -2.27. The van der Waals surface area contributed by atoms with Crippen molar-refractivity contribution >= 4 is 27.3 Å². The van der Waals surface area contributed by atoms with E-state index in [1.165, 1.54) is 26.3 Å². The average molecular weight is 425 g/mol. The van der Waals surface area contributed by atoms with Gasteiger partial charge in [0, 0.05) is 18.3 Å². The molecule has 30 heavy (non-hydrogen) atoms. The molecule has 0 saturated heterocycles. The zero-order chi connectivity index (χ0) is 21.7. The number of nitrogens with one attached hydrogen (secondary N) is 1. The van der Waals surface area contributed by atoms with Crippen LogP contribution in [0.1, 0.15) is 22.8 Å². The first-order valence-electron chi connectivity index (χ1n) is 9.49. The van der Waals surface area contributed by atoms with Crippen molar-refractivity contribution in [3.63, 3.8) is 0 Å². The number of para-hydroxylation sites is 1. The van der Waals surface area contributed by atoms with E-state index in [0.717, 1.165) is 22.0 Å². The number of carbonyl (C=O) groups is 1. The number of amides is 1. The summed E-state index contributed by atoms with van der Waals surface area (Å²) in [7, 11) is -0.803. The van der Waals surface area contributed by atoms with Gasteiger partial charge in [0.25, 0.3) is 15.9 Å². The third-order valence-electron chi connectivity index (χ3n) is 4.84. The van der Waals surface area contributed by atoms with Crippen LogP contribution in [0, 0.1) is 0 Å². The third kappa shape index (κ3) is 4.46. The highest BCUT2D eigenvalue weighted by Crippen LogP contribution is 2.25. The minimum absolute atomic E-state index is 0.137. The number of nitrogens with zero attached hydrogens (tertiary/aromatic N) is 1. The van der Waals surface area contributed by atoms with Crippen LogP contribution in [-0.4, -0.2) is 28.5 Å². The number of ether oxygens (including phenoxy) is 1. The largest absolute Gasteiger partial charge is 0.497 e. The first-order chi connectivity index (χ1) is 14.4. The maximum atomic E-state index is 13.0. The van der Waals surface area contributed by atoms with Gasteiger partial charge in [-0.15, -0.1) is 0 Å². The second kappa shape index (κ2) is 9.00. The Morgan fingerprint density at radius 2 is 1.70 bits per heavy atom. The number of anilines is 2. The highest BCUT2D eigenvalue weighted by Gasteiger charge is 2.22. The molecule has 0 spiro atoms. The monoisotopic (exact) mass is 424 g/mol. The molecule has 0 unspecified atom stereocenters. The Labute approximate surface area is 177 Å². The van der Waals surface area contributed by atoms with Gasteiger partial charge in [0.05, 0.1) is 17.7 Å². The average Bonchev–Trinajstić information content (AvgIpc) is 2.79. The number of rotatable bonds is 7. The summed E-state index contributed by atoms with van der Waals surface area (Å²) in [6, 6.07) is 20.3. The van der Waals surface area contributed by atoms with Gasteiger partial charge in [0.1, 0.15) is 5.75 Å². The van der Waals surface area contributed by atoms with E-state index in [-0.39, 0.29) is 10.8 Å². The molecule has 3 aromatic rings. The van der Waals surface area contributed by atoms with Gasteiger partial charge in [0.15, 0.2) is 0 Å². The molecule has 6 nitrogen and oxygen atoms in total. The number of aryl methyl sites for hydroxylation is 1. The van der Waals surface area contributed by atoms with Crippen molar-refractivity contribution < 1.29 is 17.9 Å².